The molecule has 0 fully saturated rings. The Morgan fingerprint density at radius 3 is 3.04 bits per heavy atom. The van der Waals surface area contributed by atoms with Gasteiger partial charge in [-0.2, -0.15) is 5.10 Å². The van der Waals surface area contributed by atoms with Crippen LogP contribution in [0.2, 0.25) is 0 Å². The molecule has 1 atom stereocenters. The highest BCUT2D eigenvalue weighted by atomic mass is 19.1. The Bertz CT molecular complexity index is 974. The molecule has 0 aliphatic carbocycles. The Hall–Kier alpha value is -2.96. The number of nitrogens with zero attached hydrogens (tertiary/aromatic N) is 3. The first-order valence-corrected chi connectivity index (χ1v) is 8.65. The van der Waals surface area contributed by atoms with Gasteiger partial charge in [0, 0.05) is 36.3 Å². The molecule has 0 radical (unpaired) electrons. The van der Waals surface area contributed by atoms with Crippen molar-refractivity contribution in [2.45, 2.75) is 33.2 Å². The summed E-state index contributed by atoms with van der Waals surface area (Å²) in [5.74, 6) is 0.818. The molecule has 1 aliphatic rings. The Morgan fingerprint density at radius 2 is 2.23 bits per heavy atom. The molecule has 1 unspecified atom stereocenters. The number of H-pyrrole nitrogens is 1. The minimum absolute atomic E-state index is 0.0824. The molecule has 0 bridgehead atoms. The number of fused-ring (bicyclic) bond motifs is 1. The fourth-order valence-electron chi connectivity index (χ4n) is 3.53. The third kappa shape index (κ3) is 3.00. The number of carbonyl (C=O) groups excluding carboxylic acids is 1. The van der Waals surface area contributed by atoms with Crippen molar-refractivity contribution in [1.82, 2.24) is 19.7 Å². The van der Waals surface area contributed by atoms with Crippen LogP contribution in [0, 0.1) is 25.6 Å². The largest absolute Gasteiger partial charge is 0.335 e. The summed E-state index contributed by atoms with van der Waals surface area (Å²) < 4.78 is 15.7. The number of aryl methyl sites for hydroxylation is 3. The van der Waals surface area contributed by atoms with Crippen molar-refractivity contribution in [2.75, 3.05) is 5.32 Å². The zero-order valence-corrected chi connectivity index (χ0v) is 14.7. The summed E-state index contributed by atoms with van der Waals surface area (Å²) in [6.07, 6.45) is 3.38. The number of anilines is 1. The lowest BCUT2D eigenvalue weighted by molar-refractivity contribution is -0.120. The number of benzene rings is 1. The molecule has 26 heavy (non-hydrogen) atoms. The molecule has 2 aromatic heterocycles. The van der Waals surface area contributed by atoms with Crippen LogP contribution in [0.1, 0.15) is 23.6 Å². The second kappa shape index (κ2) is 6.40. The van der Waals surface area contributed by atoms with E-state index in [2.05, 4.69) is 25.1 Å². The molecule has 4 rings (SSSR count). The van der Waals surface area contributed by atoms with Gasteiger partial charge in [0.15, 0.2) is 5.82 Å². The van der Waals surface area contributed by atoms with E-state index in [1.165, 1.54) is 12.1 Å². The average Bonchev–Trinajstić information content (AvgIpc) is 3.15. The van der Waals surface area contributed by atoms with Crippen LogP contribution in [0.4, 0.5) is 10.2 Å². The van der Waals surface area contributed by atoms with E-state index in [4.69, 9.17) is 0 Å². The number of carbonyl (C=O) groups is 1. The van der Waals surface area contributed by atoms with Crippen LogP contribution in [-0.4, -0.2) is 25.7 Å². The molecule has 6 nitrogen and oxygen atoms in total. The minimum atomic E-state index is -0.324. The topological polar surface area (TPSA) is 75.6 Å². The molecule has 134 valence electrons. The molecule has 1 aliphatic heterocycles. The number of hydrogen-bond donors (Lipinski definition) is 2. The highest BCUT2D eigenvalue weighted by molar-refractivity contribution is 5.96. The number of nitrogens with one attached hydrogen (secondary N) is 2. The third-order valence-corrected chi connectivity index (χ3v) is 4.80. The van der Waals surface area contributed by atoms with Gasteiger partial charge in [0.1, 0.15) is 11.6 Å². The van der Waals surface area contributed by atoms with Crippen molar-refractivity contribution in [3.05, 3.63) is 53.5 Å². The van der Waals surface area contributed by atoms with E-state index < -0.39 is 0 Å². The fraction of sp³-hybridized carbons (Fsp3) is 0.316. The van der Waals surface area contributed by atoms with Crippen LogP contribution in [0.3, 0.4) is 0 Å². The van der Waals surface area contributed by atoms with Gasteiger partial charge in [-0.3, -0.25) is 9.89 Å². The van der Waals surface area contributed by atoms with Gasteiger partial charge in [-0.25, -0.2) is 9.37 Å². The van der Waals surface area contributed by atoms with Crippen LogP contribution >= 0.6 is 0 Å². The Labute approximate surface area is 150 Å². The number of aromatic amines is 1. The van der Waals surface area contributed by atoms with Gasteiger partial charge in [-0.1, -0.05) is 12.1 Å². The summed E-state index contributed by atoms with van der Waals surface area (Å²) in [4.78, 5) is 17.3. The van der Waals surface area contributed by atoms with Crippen LogP contribution in [0.5, 0.6) is 0 Å². The first-order chi connectivity index (χ1) is 12.5. The molecule has 3 aromatic rings. The molecule has 3 heterocycles. The van der Waals surface area contributed by atoms with E-state index in [1.807, 2.05) is 20.0 Å². The smallest absolute Gasteiger partial charge is 0.229 e. The number of rotatable bonds is 3. The summed E-state index contributed by atoms with van der Waals surface area (Å²) in [5, 5.41) is 10.00. The maximum atomic E-state index is 13.6. The second-order valence-electron chi connectivity index (χ2n) is 6.75. The van der Waals surface area contributed by atoms with Crippen LogP contribution in [0.15, 0.2) is 30.5 Å². The van der Waals surface area contributed by atoms with Crippen LogP contribution in [-0.2, 0) is 17.8 Å². The molecule has 1 aromatic carbocycles. The van der Waals surface area contributed by atoms with Gasteiger partial charge >= 0.3 is 0 Å². The maximum Gasteiger partial charge on any atom is 0.229 e. The van der Waals surface area contributed by atoms with Gasteiger partial charge in [-0.15, -0.1) is 0 Å². The fourth-order valence-corrected chi connectivity index (χ4v) is 3.53. The van der Waals surface area contributed by atoms with E-state index >= 15 is 0 Å². The van der Waals surface area contributed by atoms with Crippen molar-refractivity contribution in [3.63, 3.8) is 0 Å². The average molecular weight is 353 g/mol. The van der Waals surface area contributed by atoms with E-state index in [1.54, 1.807) is 12.1 Å². The Balaban J connectivity index is 1.56. The molecule has 0 saturated heterocycles. The second-order valence-corrected chi connectivity index (χ2v) is 6.75. The first-order valence-electron chi connectivity index (χ1n) is 8.65. The molecule has 2 N–H and O–H groups in total. The van der Waals surface area contributed by atoms with Gasteiger partial charge in [0.2, 0.25) is 5.91 Å². The lowest BCUT2D eigenvalue weighted by Gasteiger charge is -2.22. The number of imidazole rings is 1. The van der Waals surface area contributed by atoms with E-state index in [0.717, 1.165) is 30.2 Å². The summed E-state index contributed by atoms with van der Waals surface area (Å²) in [7, 11) is 0. The van der Waals surface area contributed by atoms with Crippen molar-refractivity contribution < 1.29 is 9.18 Å². The van der Waals surface area contributed by atoms with Gasteiger partial charge in [0.25, 0.3) is 0 Å². The summed E-state index contributed by atoms with van der Waals surface area (Å²) >= 11 is 0. The SMILES string of the molecule is Cc1cn2c(n1)CC(C(=O)Nc1n[nH]c(C)c1-c1cccc(F)c1)CC2. The van der Waals surface area contributed by atoms with Crippen LogP contribution < -0.4 is 5.32 Å². The molecule has 0 spiro atoms. The molecule has 7 heteroatoms. The van der Waals surface area contributed by atoms with Gasteiger partial charge in [0.05, 0.1) is 5.69 Å². The quantitative estimate of drug-likeness (QED) is 0.759. The van der Waals surface area contributed by atoms with Crippen molar-refractivity contribution in [3.8, 4) is 11.1 Å². The zero-order valence-electron chi connectivity index (χ0n) is 14.7. The van der Waals surface area contributed by atoms with Crippen molar-refractivity contribution in [2.24, 2.45) is 5.92 Å². The molecule has 1 amide bonds. The summed E-state index contributed by atoms with van der Waals surface area (Å²) in [6, 6.07) is 6.28. The van der Waals surface area contributed by atoms with E-state index in [-0.39, 0.29) is 17.6 Å². The van der Waals surface area contributed by atoms with E-state index in [0.29, 0.717) is 23.4 Å². The summed E-state index contributed by atoms with van der Waals surface area (Å²) in [6.45, 7) is 4.59. The van der Waals surface area contributed by atoms with Crippen molar-refractivity contribution >= 4 is 11.7 Å². The highest BCUT2D eigenvalue weighted by Gasteiger charge is 2.27. The Morgan fingerprint density at radius 1 is 1.38 bits per heavy atom. The standard InChI is InChI=1S/C19H20FN5O/c1-11-10-25-7-6-14(9-16(25)21-11)19(26)22-18-17(12(2)23-24-18)13-4-3-5-15(20)8-13/h3-5,8,10,14H,6-7,9H2,1-2H3,(H2,22,23,24,26). The van der Waals surface area contributed by atoms with Crippen molar-refractivity contribution in [1.29, 1.82) is 0 Å². The normalized spacial score (nSPS) is 16.3. The monoisotopic (exact) mass is 353 g/mol. The number of aromatic nitrogens is 4. The molecular formula is C19H20FN5O. The minimum Gasteiger partial charge on any atom is -0.335 e. The predicted molar refractivity (Wildman–Crippen MR) is 96.1 cm³/mol. The first kappa shape index (κ1) is 16.5. The van der Waals surface area contributed by atoms with E-state index in [9.17, 15) is 9.18 Å². The van der Waals surface area contributed by atoms with Crippen LogP contribution in [0.25, 0.3) is 11.1 Å². The zero-order chi connectivity index (χ0) is 18.3. The Kier molecular flexibility index (Phi) is 4.06. The number of hydrogen-bond acceptors (Lipinski definition) is 3. The summed E-state index contributed by atoms with van der Waals surface area (Å²) in [5.41, 5.74) is 3.14. The molecule has 0 saturated carbocycles. The lowest BCUT2D eigenvalue weighted by atomic mass is 9.96. The third-order valence-electron chi connectivity index (χ3n) is 4.80. The molecular weight excluding hydrogens is 333 g/mol. The number of halogens is 1. The van der Waals surface area contributed by atoms with Gasteiger partial charge in [-0.05, 0) is 38.0 Å². The highest BCUT2D eigenvalue weighted by Crippen LogP contribution is 2.31. The number of amides is 1. The maximum absolute atomic E-state index is 13.6. The lowest BCUT2D eigenvalue weighted by Crippen LogP contribution is -2.30. The van der Waals surface area contributed by atoms with Gasteiger partial charge < -0.3 is 9.88 Å². The predicted octanol–water partition coefficient (Wildman–Crippen LogP) is 3.23.